The Kier molecular flexibility index (Phi) is 8.26. The summed E-state index contributed by atoms with van der Waals surface area (Å²) < 4.78 is 9.49. The van der Waals surface area contributed by atoms with Crippen LogP contribution in [0.2, 0.25) is 0 Å². The molecule has 0 radical (unpaired) electrons. The van der Waals surface area contributed by atoms with Crippen molar-refractivity contribution in [2.24, 2.45) is 5.92 Å². The molecule has 1 saturated carbocycles. The lowest BCUT2D eigenvalue weighted by atomic mass is 10.1. The number of imidazole rings is 1. The van der Waals surface area contributed by atoms with Crippen LogP contribution in [0.5, 0.6) is 0 Å². The van der Waals surface area contributed by atoms with Crippen molar-refractivity contribution < 1.29 is 14.3 Å². The number of rotatable bonds is 13. The van der Waals surface area contributed by atoms with Gasteiger partial charge in [0.15, 0.2) is 5.72 Å². The third-order valence-corrected chi connectivity index (χ3v) is 7.21. The topological polar surface area (TPSA) is 91.0 Å². The maximum absolute atomic E-state index is 13.4. The Morgan fingerprint density at radius 1 is 1.05 bits per heavy atom. The van der Waals surface area contributed by atoms with Crippen LogP contribution in [0.1, 0.15) is 68.9 Å². The highest BCUT2D eigenvalue weighted by molar-refractivity contribution is 6.04. The first-order valence-corrected chi connectivity index (χ1v) is 14.1. The molecule has 4 aromatic rings. The quantitative estimate of drug-likeness (QED) is 0.212. The SMILES string of the molecule is CCOC(C)(C)n1cc(-c2cccc(C(=O)Nc3nc(CCCC(=O)CC4CC4)cn3-c3ccccc3)c2)cn1. The highest BCUT2D eigenvalue weighted by Gasteiger charge is 2.24. The molecule has 0 spiro atoms. The number of benzene rings is 2. The smallest absolute Gasteiger partial charge is 0.258 e. The van der Waals surface area contributed by atoms with E-state index in [1.807, 2.05) is 86.3 Å². The van der Waals surface area contributed by atoms with Gasteiger partial charge in [-0.25, -0.2) is 9.67 Å². The molecule has 8 nitrogen and oxygen atoms in total. The van der Waals surface area contributed by atoms with Crippen LogP contribution in [0.25, 0.3) is 16.8 Å². The van der Waals surface area contributed by atoms with E-state index in [0.29, 0.717) is 49.1 Å². The molecule has 8 heteroatoms. The van der Waals surface area contributed by atoms with Crippen LogP contribution in [-0.4, -0.2) is 37.6 Å². The summed E-state index contributed by atoms with van der Waals surface area (Å²) in [6.45, 7) is 6.47. The van der Waals surface area contributed by atoms with Crippen molar-refractivity contribution in [1.29, 1.82) is 0 Å². The summed E-state index contributed by atoms with van der Waals surface area (Å²) in [7, 11) is 0. The lowest BCUT2D eigenvalue weighted by Crippen LogP contribution is -2.30. The number of aromatic nitrogens is 4. The number of amides is 1. The molecule has 0 saturated heterocycles. The average molecular weight is 540 g/mol. The first-order chi connectivity index (χ1) is 19.3. The Labute approximate surface area is 235 Å². The Morgan fingerprint density at radius 2 is 1.85 bits per heavy atom. The molecule has 1 aliphatic carbocycles. The zero-order valence-electron chi connectivity index (χ0n) is 23.5. The molecule has 5 rings (SSSR count). The van der Waals surface area contributed by atoms with Crippen LogP contribution < -0.4 is 5.32 Å². The van der Waals surface area contributed by atoms with Gasteiger partial charge in [0, 0.05) is 48.7 Å². The van der Waals surface area contributed by atoms with Gasteiger partial charge in [0.2, 0.25) is 5.95 Å². The van der Waals surface area contributed by atoms with Crippen LogP contribution in [0.15, 0.2) is 73.2 Å². The molecule has 2 aromatic heterocycles. The lowest BCUT2D eigenvalue weighted by Gasteiger charge is -2.24. The first-order valence-electron chi connectivity index (χ1n) is 14.1. The van der Waals surface area contributed by atoms with Crippen LogP contribution in [-0.2, 0) is 21.7 Å². The van der Waals surface area contributed by atoms with Crippen LogP contribution in [0.4, 0.5) is 5.95 Å². The van der Waals surface area contributed by atoms with Crippen LogP contribution >= 0.6 is 0 Å². The fraction of sp³-hybridized carbons (Fsp3) is 0.375. The van der Waals surface area contributed by atoms with E-state index in [4.69, 9.17) is 9.72 Å². The van der Waals surface area contributed by atoms with Crippen molar-refractivity contribution in [3.8, 4) is 16.8 Å². The van der Waals surface area contributed by atoms with E-state index in [1.54, 1.807) is 16.9 Å². The molecule has 0 unspecified atom stereocenters. The van der Waals surface area contributed by atoms with Crippen LogP contribution in [0.3, 0.4) is 0 Å². The van der Waals surface area contributed by atoms with E-state index in [9.17, 15) is 9.59 Å². The van der Waals surface area contributed by atoms with Gasteiger partial charge >= 0.3 is 0 Å². The normalized spacial score (nSPS) is 13.4. The van der Waals surface area contributed by atoms with Crippen molar-refractivity contribution in [2.45, 2.75) is 65.0 Å². The molecule has 1 aliphatic rings. The number of carbonyl (C=O) groups is 2. The molecule has 1 fully saturated rings. The average Bonchev–Trinajstić information content (AvgIpc) is 3.44. The van der Waals surface area contributed by atoms with E-state index < -0.39 is 5.72 Å². The van der Waals surface area contributed by atoms with Gasteiger partial charge < -0.3 is 4.74 Å². The first kappa shape index (κ1) is 27.5. The predicted molar refractivity (Wildman–Crippen MR) is 155 cm³/mol. The second kappa shape index (κ2) is 12.0. The van der Waals surface area contributed by atoms with E-state index in [-0.39, 0.29) is 5.91 Å². The Hall–Kier alpha value is -4.04. The van der Waals surface area contributed by atoms with Gasteiger partial charge in [-0.2, -0.15) is 5.10 Å². The highest BCUT2D eigenvalue weighted by atomic mass is 16.5. The summed E-state index contributed by atoms with van der Waals surface area (Å²) in [6.07, 6.45) is 10.7. The van der Waals surface area contributed by atoms with Crippen LogP contribution in [0, 0.1) is 5.92 Å². The zero-order valence-corrected chi connectivity index (χ0v) is 23.5. The number of aryl methyl sites for hydroxylation is 1. The maximum Gasteiger partial charge on any atom is 0.258 e. The van der Waals surface area contributed by atoms with E-state index >= 15 is 0 Å². The molecule has 1 N–H and O–H groups in total. The lowest BCUT2D eigenvalue weighted by molar-refractivity contribution is -0.119. The predicted octanol–water partition coefficient (Wildman–Crippen LogP) is 6.41. The minimum Gasteiger partial charge on any atom is -0.355 e. The van der Waals surface area contributed by atoms with Gasteiger partial charge in [-0.3, -0.25) is 19.5 Å². The fourth-order valence-electron chi connectivity index (χ4n) is 4.84. The number of ketones is 1. The second-order valence-corrected chi connectivity index (χ2v) is 10.9. The molecule has 2 aromatic carbocycles. The summed E-state index contributed by atoms with van der Waals surface area (Å²) in [5.74, 6) is 1.15. The maximum atomic E-state index is 13.4. The number of ether oxygens (including phenoxy) is 1. The number of para-hydroxylation sites is 1. The number of Topliss-reactive ketones (excluding diaryl/α,β-unsaturated/α-hetero) is 1. The molecule has 0 bridgehead atoms. The Balaban J connectivity index is 1.32. The minimum atomic E-state index is -0.571. The molecular weight excluding hydrogens is 502 g/mol. The summed E-state index contributed by atoms with van der Waals surface area (Å²) >= 11 is 0. The van der Waals surface area contributed by atoms with Gasteiger partial charge in [0.25, 0.3) is 5.91 Å². The highest BCUT2D eigenvalue weighted by Crippen LogP contribution is 2.33. The largest absolute Gasteiger partial charge is 0.355 e. The second-order valence-electron chi connectivity index (χ2n) is 10.9. The number of nitrogens with one attached hydrogen (secondary N) is 1. The third-order valence-electron chi connectivity index (χ3n) is 7.21. The van der Waals surface area contributed by atoms with Gasteiger partial charge in [-0.05, 0) is 82.2 Å². The van der Waals surface area contributed by atoms with E-state index in [2.05, 4.69) is 10.4 Å². The fourth-order valence-corrected chi connectivity index (χ4v) is 4.84. The zero-order chi connectivity index (χ0) is 28.1. The van der Waals surface area contributed by atoms with Gasteiger partial charge in [0.1, 0.15) is 5.78 Å². The summed E-state index contributed by atoms with van der Waals surface area (Å²) in [5.41, 5.74) is 3.47. The van der Waals surface area contributed by atoms with Crippen molar-refractivity contribution in [3.63, 3.8) is 0 Å². The molecule has 2 heterocycles. The van der Waals surface area contributed by atoms with Crippen molar-refractivity contribution in [1.82, 2.24) is 19.3 Å². The van der Waals surface area contributed by atoms with Crippen molar-refractivity contribution in [2.75, 3.05) is 11.9 Å². The number of nitrogens with zero attached hydrogens (tertiary/aromatic N) is 4. The standard InChI is InChI=1S/C32H37N5O3/c1-4-40-32(2,3)37-21-26(20-33-37)24-10-8-11-25(19-24)30(39)35-31-34-27(12-9-15-29(38)18-23-16-17-23)22-36(31)28-13-6-5-7-14-28/h5-8,10-11,13-14,19-23H,4,9,12,15-18H2,1-3H3,(H,34,35,39). The minimum absolute atomic E-state index is 0.252. The Morgan fingerprint density at radius 3 is 2.60 bits per heavy atom. The molecule has 208 valence electrons. The molecule has 0 atom stereocenters. The van der Waals surface area contributed by atoms with Gasteiger partial charge in [0.05, 0.1) is 11.9 Å². The molecule has 40 heavy (non-hydrogen) atoms. The van der Waals surface area contributed by atoms with Gasteiger partial charge in [-0.1, -0.05) is 30.3 Å². The number of carbonyl (C=O) groups excluding carboxylic acids is 2. The van der Waals surface area contributed by atoms with E-state index in [0.717, 1.165) is 28.9 Å². The number of hydrogen-bond acceptors (Lipinski definition) is 5. The Bertz CT molecular complexity index is 1470. The monoisotopic (exact) mass is 539 g/mol. The number of hydrogen-bond donors (Lipinski definition) is 1. The third kappa shape index (κ3) is 6.74. The number of anilines is 1. The van der Waals surface area contributed by atoms with Crippen molar-refractivity contribution in [3.05, 3.63) is 84.4 Å². The molecule has 0 aliphatic heterocycles. The summed E-state index contributed by atoms with van der Waals surface area (Å²) in [4.78, 5) is 30.3. The molecular formula is C32H37N5O3. The molecule has 1 amide bonds. The summed E-state index contributed by atoms with van der Waals surface area (Å²) in [6, 6.07) is 17.3. The van der Waals surface area contributed by atoms with Gasteiger partial charge in [-0.15, -0.1) is 0 Å². The van der Waals surface area contributed by atoms with E-state index in [1.165, 1.54) is 12.8 Å². The summed E-state index contributed by atoms with van der Waals surface area (Å²) in [5, 5.41) is 7.49. The van der Waals surface area contributed by atoms with Crippen molar-refractivity contribution >= 4 is 17.6 Å².